The molecule has 2 fully saturated rings. The third kappa shape index (κ3) is 1.77. The van der Waals surface area contributed by atoms with Crippen LogP contribution in [0.25, 0.3) is 0 Å². The first kappa shape index (κ1) is 10.3. The predicted molar refractivity (Wildman–Crippen MR) is 51.3 cm³/mol. The summed E-state index contributed by atoms with van der Waals surface area (Å²) in [5, 5.41) is 0. The van der Waals surface area contributed by atoms with Crippen molar-refractivity contribution in [2.45, 2.75) is 38.2 Å². The standard InChI is InChI=1S/C10H18F2N2/c11-9(12)10(7-13)3-5-14(6-4-10)8-1-2-8/h8-9H,1-7,13H2. The van der Waals surface area contributed by atoms with E-state index in [2.05, 4.69) is 4.90 Å². The van der Waals surface area contributed by atoms with E-state index < -0.39 is 11.8 Å². The number of rotatable bonds is 3. The van der Waals surface area contributed by atoms with Gasteiger partial charge < -0.3 is 10.6 Å². The summed E-state index contributed by atoms with van der Waals surface area (Å²) >= 11 is 0. The van der Waals surface area contributed by atoms with E-state index in [1.54, 1.807) is 0 Å². The second-order valence-corrected chi connectivity index (χ2v) is 4.63. The summed E-state index contributed by atoms with van der Waals surface area (Å²) in [7, 11) is 0. The van der Waals surface area contributed by atoms with Gasteiger partial charge in [0.15, 0.2) is 0 Å². The topological polar surface area (TPSA) is 29.3 Å². The SMILES string of the molecule is NCC1(C(F)F)CCN(C2CC2)CC1. The molecule has 0 aromatic rings. The number of alkyl halides is 2. The number of likely N-dealkylation sites (tertiary alicyclic amines) is 1. The molecule has 0 bridgehead atoms. The Balaban J connectivity index is 1.91. The van der Waals surface area contributed by atoms with E-state index in [1.165, 1.54) is 12.8 Å². The summed E-state index contributed by atoms with van der Waals surface area (Å²) in [5.41, 5.74) is 4.59. The van der Waals surface area contributed by atoms with Crippen molar-refractivity contribution in [2.24, 2.45) is 11.1 Å². The molecule has 1 heterocycles. The molecule has 0 atom stereocenters. The van der Waals surface area contributed by atoms with Crippen LogP contribution >= 0.6 is 0 Å². The quantitative estimate of drug-likeness (QED) is 0.754. The van der Waals surface area contributed by atoms with Crippen molar-refractivity contribution in [1.82, 2.24) is 4.90 Å². The van der Waals surface area contributed by atoms with Crippen molar-refractivity contribution in [2.75, 3.05) is 19.6 Å². The lowest BCUT2D eigenvalue weighted by Gasteiger charge is -2.40. The number of hydrogen-bond acceptors (Lipinski definition) is 2. The number of nitrogens with two attached hydrogens (primary N) is 1. The van der Waals surface area contributed by atoms with Crippen LogP contribution < -0.4 is 5.73 Å². The third-order valence-electron chi connectivity index (χ3n) is 3.73. The second-order valence-electron chi connectivity index (χ2n) is 4.63. The lowest BCUT2D eigenvalue weighted by molar-refractivity contribution is -0.0428. The van der Waals surface area contributed by atoms with Gasteiger partial charge in [-0.25, -0.2) is 8.78 Å². The van der Waals surface area contributed by atoms with Crippen LogP contribution in [-0.4, -0.2) is 37.0 Å². The molecule has 2 aliphatic rings. The molecule has 0 unspecified atom stereocenters. The molecule has 2 nitrogen and oxygen atoms in total. The molecule has 0 radical (unpaired) electrons. The van der Waals surface area contributed by atoms with Gasteiger partial charge in [0.1, 0.15) is 0 Å². The number of nitrogens with zero attached hydrogens (tertiary/aromatic N) is 1. The average molecular weight is 204 g/mol. The van der Waals surface area contributed by atoms with Gasteiger partial charge in [-0.05, 0) is 38.8 Å². The molecule has 0 aromatic carbocycles. The summed E-state index contributed by atoms with van der Waals surface area (Å²) in [6.07, 6.45) is 1.39. The zero-order valence-electron chi connectivity index (χ0n) is 8.38. The van der Waals surface area contributed by atoms with Gasteiger partial charge >= 0.3 is 0 Å². The Morgan fingerprint density at radius 2 is 1.86 bits per heavy atom. The highest BCUT2D eigenvalue weighted by atomic mass is 19.3. The molecule has 82 valence electrons. The molecule has 1 aliphatic carbocycles. The summed E-state index contributed by atoms with van der Waals surface area (Å²) in [6, 6.07) is 0.698. The molecule has 1 aliphatic heterocycles. The maximum Gasteiger partial charge on any atom is 0.245 e. The molecule has 0 aromatic heterocycles. The maximum atomic E-state index is 12.8. The predicted octanol–water partition coefficient (Wildman–Crippen LogP) is 1.45. The Bertz CT molecular complexity index is 196. The van der Waals surface area contributed by atoms with E-state index >= 15 is 0 Å². The van der Waals surface area contributed by atoms with E-state index in [1.807, 2.05) is 0 Å². The van der Waals surface area contributed by atoms with Gasteiger partial charge in [0.05, 0.1) is 0 Å². The fraction of sp³-hybridized carbons (Fsp3) is 1.00. The van der Waals surface area contributed by atoms with Crippen LogP contribution in [0.3, 0.4) is 0 Å². The number of hydrogen-bond donors (Lipinski definition) is 1. The van der Waals surface area contributed by atoms with Gasteiger partial charge in [0.25, 0.3) is 0 Å². The zero-order chi connectivity index (χ0) is 10.2. The molecule has 0 amide bonds. The van der Waals surface area contributed by atoms with Gasteiger partial charge in [-0.15, -0.1) is 0 Å². The van der Waals surface area contributed by atoms with E-state index in [0.717, 1.165) is 13.1 Å². The minimum atomic E-state index is -2.26. The van der Waals surface area contributed by atoms with Gasteiger partial charge in [-0.1, -0.05) is 0 Å². The Kier molecular flexibility index (Phi) is 2.75. The van der Waals surface area contributed by atoms with Gasteiger partial charge in [0, 0.05) is 18.0 Å². The Hall–Kier alpha value is -0.220. The van der Waals surface area contributed by atoms with E-state index in [4.69, 9.17) is 5.73 Å². The minimum Gasteiger partial charge on any atom is -0.330 e. The first-order chi connectivity index (χ1) is 6.68. The van der Waals surface area contributed by atoms with Crippen molar-refractivity contribution in [3.05, 3.63) is 0 Å². The number of halogens is 2. The van der Waals surface area contributed by atoms with Crippen LogP contribution in [0.1, 0.15) is 25.7 Å². The van der Waals surface area contributed by atoms with Crippen LogP contribution in [0, 0.1) is 5.41 Å². The Labute approximate surface area is 83.4 Å². The van der Waals surface area contributed by atoms with Gasteiger partial charge in [0.2, 0.25) is 6.43 Å². The highest BCUT2D eigenvalue weighted by Crippen LogP contribution is 2.39. The van der Waals surface area contributed by atoms with Crippen molar-refractivity contribution in [1.29, 1.82) is 0 Å². The highest BCUT2D eigenvalue weighted by molar-refractivity contribution is 4.93. The Morgan fingerprint density at radius 1 is 1.29 bits per heavy atom. The van der Waals surface area contributed by atoms with Crippen LogP contribution in [-0.2, 0) is 0 Å². The fourth-order valence-corrected chi connectivity index (χ4v) is 2.29. The lowest BCUT2D eigenvalue weighted by Crippen LogP contribution is -2.48. The zero-order valence-corrected chi connectivity index (χ0v) is 8.38. The molecule has 1 saturated carbocycles. The first-order valence-electron chi connectivity index (χ1n) is 5.40. The molecular formula is C10H18F2N2. The summed E-state index contributed by atoms with van der Waals surface area (Å²) in [4.78, 5) is 2.34. The smallest absolute Gasteiger partial charge is 0.245 e. The van der Waals surface area contributed by atoms with Crippen molar-refractivity contribution >= 4 is 0 Å². The summed E-state index contributed by atoms with van der Waals surface area (Å²) < 4.78 is 25.6. The lowest BCUT2D eigenvalue weighted by atomic mass is 9.79. The normalized spacial score (nSPS) is 28.3. The largest absolute Gasteiger partial charge is 0.330 e. The second kappa shape index (κ2) is 3.74. The molecule has 1 saturated heterocycles. The summed E-state index contributed by atoms with van der Waals surface area (Å²) in [5.74, 6) is 0. The highest BCUT2D eigenvalue weighted by Gasteiger charge is 2.43. The van der Waals surface area contributed by atoms with Crippen LogP contribution in [0.4, 0.5) is 8.78 Å². The van der Waals surface area contributed by atoms with E-state index in [-0.39, 0.29) is 6.54 Å². The van der Waals surface area contributed by atoms with Crippen LogP contribution in [0.5, 0.6) is 0 Å². The number of piperidine rings is 1. The average Bonchev–Trinajstić information content (AvgIpc) is 3.01. The summed E-state index contributed by atoms with van der Waals surface area (Å²) in [6.45, 7) is 1.75. The minimum absolute atomic E-state index is 0.128. The van der Waals surface area contributed by atoms with E-state index in [9.17, 15) is 8.78 Å². The van der Waals surface area contributed by atoms with Crippen LogP contribution in [0.2, 0.25) is 0 Å². The van der Waals surface area contributed by atoms with Crippen molar-refractivity contribution < 1.29 is 8.78 Å². The fourth-order valence-electron chi connectivity index (χ4n) is 2.29. The Morgan fingerprint density at radius 3 is 2.21 bits per heavy atom. The molecular weight excluding hydrogens is 186 g/mol. The molecule has 2 N–H and O–H groups in total. The van der Waals surface area contributed by atoms with Gasteiger partial charge in [-0.3, -0.25) is 0 Å². The van der Waals surface area contributed by atoms with Gasteiger partial charge in [-0.2, -0.15) is 0 Å². The van der Waals surface area contributed by atoms with Crippen molar-refractivity contribution in [3.8, 4) is 0 Å². The van der Waals surface area contributed by atoms with Crippen molar-refractivity contribution in [3.63, 3.8) is 0 Å². The molecule has 0 spiro atoms. The maximum absolute atomic E-state index is 12.8. The van der Waals surface area contributed by atoms with E-state index in [0.29, 0.717) is 18.9 Å². The molecule has 4 heteroatoms. The molecule has 14 heavy (non-hydrogen) atoms. The van der Waals surface area contributed by atoms with Crippen LogP contribution in [0.15, 0.2) is 0 Å². The first-order valence-corrected chi connectivity index (χ1v) is 5.40. The monoisotopic (exact) mass is 204 g/mol. The third-order valence-corrected chi connectivity index (χ3v) is 3.73. The molecule has 2 rings (SSSR count).